The molecule has 0 aliphatic rings. The SMILES string of the molecule is CCC(C(=O)O)c1ccc(OCc2ccc(C(F)(F)F)cc2)cc1Br. The van der Waals surface area contributed by atoms with Crippen molar-refractivity contribution >= 4 is 21.9 Å². The van der Waals surface area contributed by atoms with Crippen LogP contribution in [0.4, 0.5) is 13.2 Å². The van der Waals surface area contributed by atoms with Gasteiger partial charge in [-0.05, 0) is 41.8 Å². The molecule has 0 aromatic heterocycles. The number of rotatable bonds is 6. The van der Waals surface area contributed by atoms with Crippen LogP contribution < -0.4 is 4.74 Å². The lowest BCUT2D eigenvalue weighted by atomic mass is 9.97. The van der Waals surface area contributed by atoms with Crippen LogP contribution in [-0.4, -0.2) is 11.1 Å². The first-order valence-corrected chi connectivity index (χ1v) is 8.33. The predicted molar refractivity (Wildman–Crippen MR) is 90.6 cm³/mol. The zero-order chi connectivity index (χ0) is 18.6. The minimum Gasteiger partial charge on any atom is -0.489 e. The number of carboxylic acid groups (broad SMARTS) is 1. The predicted octanol–water partition coefficient (Wildman–Crippen LogP) is 5.63. The minimum atomic E-state index is -4.36. The highest BCUT2D eigenvalue weighted by molar-refractivity contribution is 9.10. The van der Waals surface area contributed by atoms with E-state index in [4.69, 9.17) is 4.74 Å². The Hall–Kier alpha value is -2.02. The van der Waals surface area contributed by atoms with E-state index >= 15 is 0 Å². The number of carbonyl (C=O) groups is 1. The summed E-state index contributed by atoms with van der Waals surface area (Å²) in [5.41, 5.74) is 0.546. The van der Waals surface area contributed by atoms with Crippen LogP contribution in [0.3, 0.4) is 0 Å². The molecule has 0 radical (unpaired) electrons. The van der Waals surface area contributed by atoms with Gasteiger partial charge in [0.25, 0.3) is 0 Å². The van der Waals surface area contributed by atoms with Crippen molar-refractivity contribution in [1.29, 1.82) is 0 Å². The Morgan fingerprint density at radius 2 is 1.84 bits per heavy atom. The Morgan fingerprint density at radius 3 is 2.32 bits per heavy atom. The molecule has 0 heterocycles. The van der Waals surface area contributed by atoms with E-state index < -0.39 is 23.6 Å². The van der Waals surface area contributed by atoms with E-state index in [1.54, 1.807) is 25.1 Å². The summed E-state index contributed by atoms with van der Waals surface area (Å²) in [6.45, 7) is 1.90. The Kier molecular flexibility index (Phi) is 6.11. The van der Waals surface area contributed by atoms with Crippen molar-refractivity contribution < 1.29 is 27.8 Å². The fourth-order valence-corrected chi connectivity index (χ4v) is 3.00. The normalized spacial score (nSPS) is 12.7. The Balaban J connectivity index is 2.06. The first-order chi connectivity index (χ1) is 11.7. The van der Waals surface area contributed by atoms with Crippen LogP contribution in [0.1, 0.15) is 36.0 Å². The van der Waals surface area contributed by atoms with Gasteiger partial charge in [0.1, 0.15) is 12.4 Å². The zero-order valence-electron chi connectivity index (χ0n) is 13.3. The summed E-state index contributed by atoms with van der Waals surface area (Å²) in [7, 11) is 0. The largest absolute Gasteiger partial charge is 0.489 e. The standard InChI is InChI=1S/C18H16BrF3O3/c1-2-14(17(23)24)15-8-7-13(9-16(15)19)25-10-11-3-5-12(6-4-11)18(20,21)22/h3-9,14H,2,10H2,1H3,(H,23,24). The molecule has 3 nitrogen and oxygen atoms in total. The molecule has 25 heavy (non-hydrogen) atoms. The number of aliphatic carboxylic acids is 1. The summed E-state index contributed by atoms with van der Waals surface area (Å²) >= 11 is 3.35. The topological polar surface area (TPSA) is 46.5 Å². The van der Waals surface area contributed by atoms with Gasteiger partial charge in [-0.1, -0.05) is 41.1 Å². The molecule has 0 aliphatic heterocycles. The molecule has 2 aromatic rings. The third kappa shape index (κ3) is 4.98. The number of benzene rings is 2. The molecular formula is C18H16BrF3O3. The smallest absolute Gasteiger partial charge is 0.416 e. The van der Waals surface area contributed by atoms with E-state index in [0.717, 1.165) is 12.1 Å². The molecule has 0 amide bonds. The van der Waals surface area contributed by atoms with Gasteiger partial charge in [-0.2, -0.15) is 13.2 Å². The van der Waals surface area contributed by atoms with Crippen molar-refractivity contribution in [3.8, 4) is 5.75 Å². The van der Waals surface area contributed by atoms with Crippen LogP contribution in [0.5, 0.6) is 5.75 Å². The van der Waals surface area contributed by atoms with E-state index in [1.807, 2.05) is 0 Å². The van der Waals surface area contributed by atoms with E-state index in [1.165, 1.54) is 12.1 Å². The van der Waals surface area contributed by atoms with Crippen LogP contribution in [-0.2, 0) is 17.6 Å². The highest BCUT2D eigenvalue weighted by atomic mass is 79.9. The van der Waals surface area contributed by atoms with E-state index in [0.29, 0.717) is 27.8 Å². The molecule has 2 rings (SSSR count). The first-order valence-electron chi connectivity index (χ1n) is 7.53. The van der Waals surface area contributed by atoms with Crippen LogP contribution in [0.2, 0.25) is 0 Å². The second-order valence-electron chi connectivity index (χ2n) is 5.47. The van der Waals surface area contributed by atoms with Gasteiger partial charge < -0.3 is 9.84 Å². The van der Waals surface area contributed by atoms with Gasteiger partial charge in [0.05, 0.1) is 11.5 Å². The molecule has 0 saturated carbocycles. The highest BCUT2D eigenvalue weighted by Gasteiger charge is 2.29. The maximum Gasteiger partial charge on any atom is 0.416 e. The minimum absolute atomic E-state index is 0.111. The number of halogens is 4. The molecule has 0 bridgehead atoms. The molecule has 2 aromatic carbocycles. The lowest BCUT2D eigenvalue weighted by Gasteiger charge is -2.14. The number of ether oxygens (including phenoxy) is 1. The number of alkyl halides is 3. The lowest BCUT2D eigenvalue weighted by Crippen LogP contribution is -2.11. The third-order valence-electron chi connectivity index (χ3n) is 3.74. The van der Waals surface area contributed by atoms with Gasteiger partial charge in [-0.25, -0.2) is 0 Å². The first kappa shape index (κ1) is 19.3. The summed E-state index contributed by atoms with van der Waals surface area (Å²) < 4.78 is 43.8. The van der Waals surface area contributed by atoms with Crippen molar-refractivity contribution in [1.82, 2.24) is 0 Å². The number of hydrogen-bond acceptors (Lipinski definition) is 2. The van der Waals surface area contributed by atoms with Crippen LogP contribution in [0, 0.1) is 0 Å². The summed E-state index contributed by atoms with van der Waals surface area (Å²) in [5, 5.41) is 9.22. The van der Waals surface area contributed by atoms with E-state index in [-0.39, 0.29) is 6.61 Å². The molecule has 0 aliphatic carbocycles. The Bertz CT molecular complexity index is 742. The third-order valence-corrected chi connectivity index (χ3v) is 4.43. The summed E-state index contributed by atoms with van der Waals surface area (Å²) in [5.74, 6) is -1.02. The molecule has 1 N–H and O–H groups in total. The monoisotopic (exact) mass is 416 g/mol. The quantitative estimate of drug-likeness (QED) is 0.663. The van der Waals surface area contributed by atoms with Gasteiger partial charge >= 0.3 is 12.1 Å². The number of hydrogen-bond donors (Lipinski definition) is 1. The van der Waals surface area contributed by atoms with Crippen molar-refractivity contribution in [3.05, 3.63) is 63.6 Å². The summed E-state index contributed by atoms with van der Waals surface area (Å²) in [4.78, 5) is 11.2. The molecule has 1 atom stereocenters. The highest BCUT2D eigenvalue weighted by Crippen LogP contribution is 2.32. The maximum absolute atomic E-state index is 12.5. The molecule has 0 fully saturated rings. The van der Waals surface area contributed by atoms with Gasteiger partial charge in [0.2, 0.25) is 0 Å². The number of carboxylic acids is 1. The van der Waals surface area contributed by atoms with Gasteiger partial charge in [-0.15, -0.1) is 0 Å². The molecule has 0 saturated heterocycles. The van der Waals surface area contributed by atoms with E-state index in [2.05, 4.69) is 15.9 Å². The molecule has 7 heteroatoms. The average Bonchev–Trinajstić information content (AvgIpc) is 2.54. The maximum atomic E-state index is 12.5. The molecule has 1 unspecified atom stereocenters. The Labute approximate surface area is 151 Å². The molecule has 0 spiro atoms. The van der Waals surface area contributed by atoms with Crippen LogP contribution in [0.15, 0.2) is 46.9 Å². The van der Waals surface area contributed by atoms with Gasteiger partial charge in [-0.3, -0.25) is 4.79 Å². The van der Waals surface area contributed by atoms with Crippen molar-refractivity contribution in [2.75, 3.05) is 0 Å². The second-order valence-corrected chi connectivity index (χ2v) is 6.32. The fraction of sp³-hybridized carbons (Fsp3) is 0.278. The van der Waals surface area contributed by atoms with Crippen LogP contribution >= 0.6 is 15.9 Å². The Morgan fingerprint density at radius 1 is 1.20 bits per heavy atom. The van der Waals surface area contributed by atoms with Crippen molar-refractivity contribution in [2.24, 2.45) is 0 Å². The zero-order valence-corrected chi connectivity index (χ0v) is 14.9. The van der Waals surface area contributed by atoms with Crippen LogP contribution in [0.25, 0.3) is 0 Å². The molecular weight excluding hydrogens is 401 g/mol. The van der Waals surface area contributed by atoms with E-state index in [9.17, 15) is 23.1 Å². The fourth-order valence-electron chi connectivity index (χ4n) is 2.36. The molecule has 134 valence electrons. The second kappa shape index (κ2) is 7.91. The van der Waals surface area contributed by atoms with Gasteiger partial charge in [0, 0.05) is 4.47 Å². The summed E-state index contributed by atoms with van der Waals surface area (Å²) in [6, 6.07) is 9.73. The van der Waals surface area contributed by atoms with Gasteiger partial charge in [0.15, 0.2) is 0 Å². The lowest BCUT2D eigenvalue weighted by molar-refractivity contribution is -0.139. The average molecular weight is 417 g/mol. The van der Waals surface area contributed by atoms with Crippen molar-refractivity contribution in [3.63, 3.8) is 0 Å². The summed E-state index contributed by atoms with van der Waals surface area (Å²) in [6.07, 6.45) is -3.90. The van der Waals surface area contributed by atoms with Crippen molar-refractivity contribution in [2.45, 2.75) is 32.0 Å².